The molecule has 0 amide bonds. The minimum absolute atomic E-state index is 1.36. The molecule has 0 saturated carbocycles. The van der Waals surface area contributed by atoms with E-state index in [9.17, 15) is 0 Å². The third kappa shape index (κ3) is 3.64. The zero-order valence-corrected chi connectivity index (χ0v) is 12.3. The molecule has 0 N–H and O–H groups in total. The lowest BCUT2D eigenvalue weighted by Crippen LogP contribution is -2.28. The molecule has 0 aliphatic rings. The summed E-state index contributed by atoms with van der Waals surface area (Å²) in [5.41, 5.74) is 0. The first-order valence-electron chi connectivity index (χ1n) is 4.13. The minimum Gasteiger partial charge on any atom is -0.162 e. The van der Waals surface area contributed by atoms with Crippen LogP contribution in [-0.2, 0) is 0 Å². The molecule has 12 heavy (non-hydrogen) atoms. The van der Waals surface area contributed by atoms with E-state index in [1.165, 1.54) is 10.4 Å². The summed E-state index contributed by atoms with van der Waals surface area (Å²) in [5, 5.41) is 2.71. The highest BCUT2D eigenvalue weighted by atomic mass is 35.6. The summed E-state index contributed by atoms with van der Waals surface area (Å²) in [7, 11) is -3.26. The van der Waals surface area contributed by atoms with Crippen LogP contribution in [0, 0.1) is 0 Å². The summed E-state index contributed by atoms with van der Waals surface area (Å²) < 4.78 is 0. The first-order valence-corrected chi connectivity index (χ1v) is 12.2. The van der Waals surface area contributed by atoms with Crippen molar-refractivity contribution in [2.45, 2.75) is 40.0 Å². The van der Waals surface area contributed by atoms with Gasteiger partial charge in [0.15, 0.2) is 14.8 Å². The van der Waals surface area contributed by atoms with Crippen molar-refractivity contribution in [3.05, 3.63) is 10.4 Å². The Balaban J connectivity index is 4.96. The van der Waals surface area contributed by atoms with Crippen LogP contribution >= 0.6 is 22.2 Å². The number of hydrogen-bond acceptors (Lipinski definition) is 0. The average molecular weight is 241 g/mol. The molecule has 0 fully saturated rings. The summed E-state index contributed by atoms with van der Waals surface area (Å²) in [6, 6.07) is 0. The molecular weight excluding hydrogens is 223 g/mol. The van der Waals surface area contributed by atoms with Gasteiger partial charge >= 0.3 is 0 Å². The summed E-state index contributed by atoms with van der Waals surface area (Å²) >= 11 is 12.7. The van der Waals surface area contributed by atoms with Crippen molar-refractivity contribution >= 4 is 36.9 Å². The molecule has 0 atom stereocenters. The fraction of sp³-hybridized carbons (Fsp3) is 0.750. The molecule has 0 aliphatic heterocycles. The fourth-order valence-electron chi connectivity index (χ4n) is 0.892. The van der Waals surface area contributed by atoms with Crippen molar-refractivity contribution in [2.24, 2.45) is 0 Å². The van der Waals surface area contributed by atoms with Crippen LogP contribution in [0.2, 0.25) is 26.2 Å². The van der Waals surface area contributed by atoms with E-state index in [1.807, 2.05) is 0 Å². The van der Waals surface area contributed by atoms with Crippen molar-refractivity contribution < 1.29 is 0 Å². The van der Waals surface area contributed by atoms with Crippen molar-refractivity contribution in [3.8, 4) is 0 Å². The predicted octanol–water partition coefficient (Wildman–Crippen LogP) is 4.29. The lowest BCUT2D eigenvalue weighted by molar-refractivity contribution is 1.45. The number of halogens is 2. The van der Waals surface area contributed by atoms with Gasteiger partial charge in [0.25, 0.3) is 0 Å². The van der Waals surface area contributed by atoms with Crippen LogP contribution in [0.3, 0.4) is 0 Å². The zero-order valence-electron chi connectivity index (χ0n) is 8.76. The Bertz CT molecular complexity index is 174. The van der Waals surface area contributed by atoms with Gasteiger partial charge in [0.2, 0.25) is 0 Å². The van der Waals surface area contributed by atoms with E-state index in [0.29, 0.717) is 0 Å². The van der Waals surface area contributed by atoms with Gasteiger partial charge < -0.3 is 0 Å². The van der Waals surface area contributed by atoms with Gasteiger partial charge in [-0.05, 0) is 13.8 Å². The van der Waals surface area contributed by atoms with E-state index in [1.54, 1.807) is 0 Å². The van der Waals surface area contributed by atoms with Crippen LogP contribution in [-0.4, -0.2) is 14.8 Å². The molecule has 0 spiro atoms. The van der Waals surface area contributed by atoms with Crippen molar-refractivity contribution in [2.75, 3.05) is 0 Å². The summed E-state index contributed by atoms with van der Waals surface area (Å²) in [5.74, 6) is 0. The first kappa shape index (κ1) is 12.8. The van der Waals surface area contributed by atoms with Crippen LogP contribution in [0.15, 0.2) is 10.4 Å². The third-order valence-corrected chi connectivity index (χ3v) is 8.61. The standard InChI is InChI=1S/C8H18Cl2Si2/c1-7(11(3,4)9)8(2)12(5,6)10/h1-6H3/b8-7+. The second-order valence-corrected chi connectivity index (χ2v) is 17.3. The van der Waals surface area contributed by atoms with Gasteiger partial charge in [-0.1, -0.05) is 36.6 Å². The summed E-state index contributed by atoms with van der Waals surface area (Å²) in [4.78, 5) is 0. The van der Waals surface area contributed by atoms with Gasteiger partial charge in [0, 0.05) is 0 Å². The second kappa shape index (κ2) is 3.86. The lowest BCUT2D eigenvalue weighted by Gasteiger charge is -2.23. The van der Waals surface area contributed by atoms with Crippen LogP contribution in [0.25, 0.3) is 0 Å². The number of hydrogen-bond donors (Lipinski definition) is 0. The van der Waals surface area contributed by atoms with Crippen molar-refractivity contribution in [1.29, 1.82) is 0 Å². The maximum Gasteiger partial charge on any atom is 0.176 e. The molecule has 0 aliphatic carbocycles. The third-order valence-electron chi connectivity index (χ3n) is 2.35. The Kier molecular flexibility index (Phi) is 4.11. The summed E-state index contributed by atoms with van der Waals surface area (Å²) in [6.07, 6.45) is 0. The first-order chi connectivity index (χ1) is 5.07. The predicted molar refractivity (Wildman–Crippen MR) is 65.0 cm³/mol. The van der Waals surface area contributed by atoms with Crippen LogP contribution in [0.5, 0.6) is 0 Å². The van der Waals surface area contributed by atoms with E-state index in [-0.39, 0.29) is 0 Å². The Labute approximate surface area is 87.4 Å². The topological polar surface area (TPSA) is 0 Å². The van der Waals surface area contributed by atoms with E-state index >= 15 is 0 Å². The highest BCUT2D eigenvalue weighted by Crippen LogP contribution is 2.28. The Hall–Kier alpha value is 0.754. The van der Waals surface area contributed by atoms with Gasteiger partial charge in [-0.3, -0.25) is 0 Å². The molecule has 0 radical (unpaired) electrons. The van der Waals surface area contributed by atoms with Crippen LogP contribution in [0.1, 0.15) is 13.8 Å². The molecule has 0 unspecified atom stereocenters. The molecule has 0 heterocycles. The maximum atomic E-state index is 6.33. The largest absolute Gasteiger partial charge is 0.176 e. The lowest BCUT2D eigenvalue weighted by atomic mass is 10.6. The van der Waals surface area contributed by atoms with Gasteiger partial charge in [-0.15, -0.1) is 0 Å². The van der Waals surface area contributed by atoms with Crippen molar-refractivity contribution in [1.82, 2.24) is 0 Å². The highest BCUT2D eigenvalue weighted by Gasteiger charge is 2.28. The molecule has 0 saturated heterocycles. The van der Waals surface area contributed by atoms with Gasteiger partial charge in [0.1, 0.15) is 0 Å². The SMILES string of the molecule is C/C(=C(/C)[Si](C)(C)Cl)[Si](C)(C)Cl. The summed E-state index contributed by atoms with van der Waals surface area (Å²) in [6.45, 7) is 12.8. The molecule has 0 aromatic rings. The Morgan fingerprint density at radius 3 is 1.00 bits per heavy atom. The number of allylic oxidation sites excluding steroid dienone is 2. The van der Waals surface area contributed by atoms with E-state index < -0.39 is 14.8 Å². The fourth-order valence-corrected chi connectivity index (χ4v) is 5.88. The molecule has 0 bridgehead atoms. The molecule has 72 valence electrons. The highest BCUT2D eigenvalue weighted by molar-refractivity contribution is 7.26. The number of rotatable bonds is 2. The quantitative estimate of drug-likeness (QED) is 0.500. The van der Waals surface area contributed by atoms with Crippen LogP contribution < -0.4 is 0 Å². The average Bonchev–Trinajstić information content (AvgIpc) is 1.80. The monoisotopic (exact) mass is 240 g/mol. The van der Waals surface area contributed by atoms with E-state index in [0.717, 1.165) is 0 Å². The molecule has 0 rings (SSSR count). The Morgan fingerprint density at radius 2 is 0.917 bits per heavy atom. The second-order valence-electron chi connectivity index (χ2n) is 4.19. The van der Waals surface area contributed by atoms with Crippen molar-refractivity contribution in [3.63, 3.8) is 0 Å². The molecular formula is C8H18Cl2Si2. The normalized spacial score (nSPS) is 16.0. The van der Waals surface area contributed by atoms with E-state index in [2.05, 4.69) is 40.0 Å². The van der Waals surface area contributed by atoms with Gasteiger partial charge in [-0.2, -0.15) is 22.2 Å². The van der Waals surface area contributed by atoms with E-state index in [4.69, 9.17) is 22.2 Å². The molecule has 0 aromatic heterocycles. The maximum absolute atomic E-state index is 6.33. The zero-order chi connectivity index (χ0) is 10.2. The minimum atomic E-state index is -1.63. The molecule has 4 heteroatoms. The van der Waals surface area contributed by atoms with Crippen LogP contribution in [0.4, 0.5) is 0 Å². The Morgan fingerprint density at radius 1 is 0.750 bits per heavy atom. The van der Waals surface area contributed by atoms with Gasteiger partial charge in [-0.25, -0.2) is 0 Å². The smallest absolute Gasteiger partial charge is 0.162 e. The molecule has 0 aromatic carbocycles. The van der Waals surface area contributed by atoms with Gasteiger partial charge in [0.05, 0.1) is 0 Å². The molecule has 0 nitrogen and oxygen atoms in total.